The third kappa shape index (κ3) is 8.09. The van der Waals surface area contributed by atoms with Crippen molar-refractivity contribution in [3.63, 3.8) is 0 Å². The Kier molecular flexibility index (Phi) is 10.8. The molecule has 6 aromatic rings. The molecule has 7 rings (SSSR count). The first-order valence-electron chi connectivity index (χ1n) is 18.1. The van der Waals surface area contributed by atoms with E-state index in [1.165, 1.54) is 14.2 Å². The molecule has 1 aliphatic rings. The van der Waals surface area contributed by atoms with Crippen LogP contribution in [0.3, 0.4) is 0 Å². The molecular weight excluding hydrogens is 709 g/mol. The van der Waals surface area contributed by atoms with Gasteiger partial charge in [0.1, 0.15) is 23.0 Å². The van der Waals surface area contributed by atoms with Gasteiger partial charge < -0.3 is 40.6 Å². The maximum Gasteiger partial charge on any atom is 0.343 e. The fourth-order valence-electron chi connectivity index (χ4n) is 7.23. The third-order valence-corrected chi connectivity index (χ3v) is 9.98. The Bertz CT molecular complexity index is 2200. The summed E-state index contributed by atoms with van der Waals surface area (Å²) in [6.07, 6.45) is 0.911. The van der Waals surface area contributed by atoms with E-state index in [1.807, 2.05) is 109 Å². The van der Waals surface area contributed by atoms with Crippen LogP contribution in [0.15, 0.2) is 109 Å². The van der Waals surface area contributed by atoms with E-state index in [4.69, 9.17) is 30.4 Å². The van der Waals surface area contributed by atoms with Gasteiger partial charge in [-0.2, -0.15) is 0 Å². The van der Waals surface area contributed by atoms with Gasteiger partial charge in [-0.1, -0.05) is 60.7 Å². The number of fused-ring (bicyclic) bond motifs is 8. The largest absolute Gasteiger partial charge is 0.507 e. The topological polar surface area (TPSA) is 164 Å². The predicted octanol–water partition coefficient (Wildman–Crippen LogP) is 7.38. The number of nitrogens with two attached hydrogens (primary N) is 2. The summed E-state index contributed by atoms with van der Waals surface area (Å²) >= 11 is 0. The standard InChI is InChI=1S/C46H42N2O8/c1-53-41(49)25-55-45-29-9-3-10-30(45)16-36-20-34(28-8-6-14-40(48)24-28)22-38(44(36)52)18-32-12-4-11-31(46(32)56-26-42(50)54-2)17-37-21-33(19-35(15-29)43(37)51)27-7-5-13-39(47)23-27/h3-14,19-24,51-52H,15-18,25-26,47-48H2,1-2H3. The van der Waals surface area contributed by atoms with Crippen molar-refractivity contribution >= 4 is 23.3 Å². The van der Waals surface area contributed by atoms with Crippen molar-refractivity contribution in [1.29, 1.82) is 0 Å². The van der Waals surface area contributed by atoms with Crippen molar-refractivity contribution < 1.29 is 38.7 Å². The molecule has 8 bridgehead atoms. The number of phenolic OH excluding ortho intramolecular Hbond substituents is 2. The highest BCUT2D eigenvalue weighted by molar-refractivity contribution is 5.74. The van der Waals surface area contributed by atoms with Crippen LogP contribution >= 0.6 is 0 Å². The quantitative estimate of drug-likeness (QED) is 0.0911. The van der Waals surface area contributed by atoms with Gasteiger partial charge in [0, 0.05) is 37.1 Å². The van der Waals surface area contributed by atoms with Gasteiger partial charge in [0.05, 0.1) is 14.2 Å². The molecule has 0 aromatic heterocycles. The molecule has 284 valence electrons. The number of ether oxygens (including phenoxy) is 4. The highest BCUT2D eigenvalue weighted by Gasteiger charge is 2.23. The molecule has 0 saturated carbocycles. The number of carbonyl (C=O) groups is 2. The Balaban J connectivity index is 1.48. The molecule has 0 amide bonds. The normalized spacial score (nSPS) is 12.0. The van der Waals surface area contributed by atoms with Gasteiger partial charge in [0.2, 0.25) is 0 Å². The monoisotopic (exact) mass is 750 g/mol. The summed E-state index contributed by atoms with van der Waals surface area (Å²) in [6, 6.07) is 34.1. The summed E-state index contributed by atoms with van der Waals surface area (Å²) in [6.45, 7) is -0.685. The number of benzene rings is 6. The third-order valence-electron chi connectivity index (χ3n) is 9.98. The van der Waals surface area contributed by atoms with Crippen molar-refractivity contribution in [3.8, 4) is 45.3 Å². The molecule has 0 aliphatic heterocycles. The fraction of sp³-hybridized carbons (Fsp3) is 0.174. The zero-order valence-electron chi connectivity index (χ0n) is 31.1. The van der Waals surface area contributed by atoms with Crippen molar-refractivity contribution in [2.24, 2.45) is 0 Å². The molecule has 56 heavy (non-hydrogen) atoms. The minimum absolute atomic E-state index is 0.0769. The summed E-state index contributed by atoms with van der Waals surface area (Å²) in [7, 11) is 2.60. The molecular formula is C46H42N2O8. The molecule has 0 spiro atoms. The average molecular weight is 751 g/mol. The Morgan fingerprint density at radius 3 is 1.11 bits per heavy atom. The predicted molar refractivity (Wildman–Crippen MR) is 215 cm³/mol. The lowest BCUT2D eigenvalue weighted by Gasteiger charge is -2.21. The summed E-state index contributed by atoms with van der Waals surface area (Å²) in [5, 5.41) is 24.1. The van der Waals surface area contributed by atoms with E-state index in [9.17, 15) is 19.8 Å². The Morgan fingerprint density at radius 1 is 0.482 bits per heavy atom. The van der Waals surface area contributed by atoms with Crippen LogP contribution in [-0.4, -0.2) is 49.6 Å². The van der Waals surface area contributed by atoms with Crippen LogP contribution in [0.5, 0.6) is 23.0 Å². The van der Waals surface area contributed by atoms with Crippen LogP contribution in [0.4, 0.5) is 11.4 Å². The molecule has 0 fully saturated rings. The number of carbonyl (C=O) groups excluding carboxylic acids is 2. The lowest BCUT2D eigenvalue weighted by Crippen LogP contribution is -2.15. The number of hydrogen-bond donors (Lipinski definition) is 4. The van der Waals surface area contributed by atoms with Gasteiger partial charge in [0.25, 0.3) is 0 Å². The van der Waals surface area contributed by atoms with Crippen molar-refractivity contribution in [3.05, 3.63) is 154 Å². The maximum absolute atomic E-state index is 12.4. The van der Waals surface area contributed by atoms with Crippen LogP contribution < -0.4 is 20.9 Å². The van der Waals surface area contributed by atoms with Gasteiger partial charge in [-0.15, -0.1) is 0 Å². The van der Waals surface area contributed by atoms with Crippen LogP contribution in [0.25, 0.3) is 22.3 Å². The Morgan fingerprint density at radius 2 is 0.804 bits per heavy atom. The van der Waals surface area contributed by atoms with Crippen LogP contribution in [0.1, 0.15) is 44.5 Å². The number of anilines is 2. The number of phenols is 2. The first kappa shape index (κ1) is 37.4. The number of hydrogen-bond acceptors (Lipinski definition) is 10. The van der Waals surface area contributed by atoms with Crippen LogP contribution in [-0.2, 0) is 44.7 Å². The Hall–Kier alpha value is -6.94. The minimum atomic E-state index is -0.554. The van der Waals surface area contributed by atoms with Gasteiger partial charge >= 0.3 is 11.9 Å². The maximum atomic E-state index is 12.4. The number of nitrogen functional groups attached to an aromatic ring is 2. The number of esters is 2. The van der Waals surface area contributed by atoms with E-state index in [2.05, 4.69) is 0 Å². The molecule has 0 atom stereocenters. The van der Waals surface area contributed by atoms with Crippen molar-refractivity contribution in [2.75, 3.05) is 38.9 Å². The highest BCUT2D eigenvalue weighted by atomic mass is 16.6. The SMILES string of the molecule is COC(=O)COc1c2cccc1Cc1cc(-c3cccc(N)c3)cc(c1O)Cc1cccc(c1OCC(=O)OC)Cc1cc(-c3cccc(N)c3)cc(c1O)C2. The van der Waals surface area contributed by atoms with E-state index >= 15 is 0 Å². The zero-order valence-corrected chi connectivity index (χ0v) is 31.1. The lowest BCUT2D eigenvalue weighted by atomic mass is 9.88. The summed E-state index contributed by atoms with van der Waals surface area (Å²) in [4.78, 5) is 24.8. The molecule has 1 aliphatic carbocycles. The zero-order chi connectivity index (χ0) is 39.3. The van der Waals surface area contributed by atoms with Gasteiger partial charge in [-0.05, 0) is 115 Å². The van der Waals surface area contributed by atoms with Crippen molar-refractivity contribution in [1.82, 2.24) is 0 Å². The summed E-state index contributed by atoms with van der Waals surface area (Å²) in [5.74, 6) is -0.0663. The first-order valence-corrected chi connectivity index (χ1v) is 18.1. The molecule has 0 saturated heterocycles. The second kappa shape index (κ2) is 16.2. The molecule has 10 heteroatoms. The highest BCUT2D eigenvalue weighted by Crippen LogP contribution is 2.41. The average Bonchev–Trinajstić information content (AvgIpc) is 3.19. The molecule has 10 nitrogen and oxygen atoms in total. The van der Waals surface area contributed by atoms with Crippen LogP contribution in [0, 0.1) is 0 Å². The van der Waals surface area contributed by atoms with Gasteiger partial charge in [0.15, 0.2) is 13.2 Å². The summed E-state index contributed by atoms with van der Waals surface area (Å²) in [5.41, 5.74) is 22.2. The van der Waals surface area contributed by atoms with E-state index in [-0.39, 0.29) is 50.4 Å². The molecule has 0 unspecified atom stereocenters. The lowest BCUT2D eigenvalue weighted by molar-refractivity contribution is -0.143. The number of para-hydroxylation sites is 2. The smallest absolute Gasteiger partial charge is 0.343 e. The minimum Gasteiger partial charge on any atom is -0.507 e. The van der Waals surface area contributed by atoms with Gasteiger partial charge in [-0.25, -0.2) is 9.59 Å². The molecule has 6 N–H and O–H groups in total. The Labute approximate surface area is 324 Å². The fourth-order valence-corrected chi connectivity index (χ4v) is 7.23. The molecule has 6 aromatic carbocycles. The van der Waals surface area contributed by atoms with Crippen molar-refractivity contribution in [2.45, 2.75) is 25.7 Å². The second-order valence-electron chi connectivity index (χ2n) is 13.8. The van der Waals surface area contributed by atoms with E-state index in [0.717, 1.165) is 22.3 Å². The van der Waals surface area contributed by atoms with E-state index in [0.29, 0.717) is 67.4 Å². The molecule has 0 radical (unpaired) electrons. The number of methoxy groups -OCH3 is 2. The van der Waals surface area contributed by atoms with Gasteiger partial charge in [-0.3, -0.25) is 0 Å². The van der Waals surface area contributed by atoms with E-state index in [1.54, 1.807) is 0 Å². The number of rotatable bonds is 8. The van der Waals surface area contributed by atoms with Crippen LogP contribution in [0.2, 0.25) is 0 Å². The number of aromatic hydroxyl groups is 2. The second-order valence-corrected chi connectivity index (χ2v) is 13.8. The van der Waals surface area contributed by atoms with E-state index < -0.39 is 11.9 Å². The molecule has 0 heterocycles. The first-order chi connectivity index (χ1) is 27.1. The summed E-state index contributed by atoms with van der Waals surface area (Å²) < 4.78 is 22.3.